The van der Waals surface area contributed by atoms with Crippen LogP contribution in [0.3, 0.4) is 0 Å². The summed E-state index contributed by atoms with van der Waals surface area (Å²) in [6.07, 6.45) is 2.25. The average Bonchev–Trinajstić information content (AvgIpc) is 3.18. The minimum atomic E-state index is -0.566. The summed E-state index contributed by atoms with van der Waals surface area (Å²) in [6, 6.07) is 0. The Kier molecular flexibility index (Phi) is 16.4. The van der Waals surface area contributed by atoms with Crippen LogP contribution in [0.25, 0.3) is 0 Å². The van der Waals surface area contributed by atoms with Crippen LogP contribution in [0, 0.1) is 17.0 Å². The highest BCUT2D eigenvalue weighted by molar-refractivity contribution is 8.76. The highest BCUT2D eigenvalue weighted by Gasteiger charge is 2.17. The number of aromatic nitrogens is 2. The fourth-order valence-corrected chi connectivity index (χ4v) is 4.42. The van der Waals surface area contributed by atoms with Crippen LogP contribution < -0.4 is 5.32 Å². The van der Waals surface area contributed by atoms with Crippen LogP contribution in [0.5, 0.6) is 0 Å². The number of alkyl carbamates (subject to hydrolysis) is 1. The molecule has 0 saturated heterocycles. The van der Waals surface area contributed by atoms with Crippen LogP contribution in [0.4, 0.5) is 10.6 Å². The third kappa shape index (κ3) is 14.8. The molecule has 0 unspecified atom stereocenters. The summed E-state index contributed by atoms with van der Waals surface area (Å²) < 4.78 is 16.6. The van der Waals surface area contributed by atoms with E-state index in [-0.39, 0.29) is 44.5 Å². The third-order valence-corrected chi connectivity index (χ3v) is 6.86. The van der Waals surface area contributed by atoms with Crippen molar-refractivity contribution in [1.29, 1.82) is 0 Å². The van der Waals surface area contributed by atoms with Gasteiger partial charge in [0.2, 0.25) is 0 Å². The van der Waals surface area contributed by atoms with Gasteiger partial charge in [0.05, 0.1) is 0 Å². The highest BCUT2D eigenvalue weighted by Crippen LogP contribution is 2.20. The van der Waals surface area contributed by atoms with E-state index in [0.717, 1.165) is 19.2 Å². The molecule has 0 bridgehead atoms. The van der Waals surface area contributed by atoms with E-state index in [1.54, 1.807) is 6.92 Å². The smallest absolute Gasteiger partial charge is 0.407 e. The number of hydrogen-bond donors (Lipinski definition) is 1. The van der Waals surface area contributed by atoms with Crippen molar-refractivity contribution in [2.75, 3.05) is 58.5 Å². The number of amides is 1. The Hall–Kier alpha value is -2.52. The van der Waals surface area contributed by atoms with Gasteiger partial charge in [0.25, 0.3) is 0 Å². The number of esters is 2. The predicted molar refractivity (Wildman–Crippen MR) is 137 cm³/mol. The van der Waals surface area contributed by atoms with Crippen LogP contribution in [-0.4, -0.2) is 95.9 Å². The standard InChI is InChI=1S/C21H35N5O8S2/c1-17-23-16-18(26(30)31)25(17)10-11-32-19(27)6-4-8-22-21(29)34-13-15-36-35-14-12-33-20(28)7-5-9-24(2)3/h16H,4-15H2,1-3H3,(H,22,29). The number of nitro groups is 1. The van der Waals surface area contributed by atoms with Gasteiger partial charge in [-0.1, -0.05) is 21.6 Å². The van der Waals surface area contributed by atoms with Crippen LogP contribution in [0.15, 0.2) is 6.20 Å². The second kappa shape index (κ2) is 18.7. The van der Waals surface area contributed by atoms with Gasteiger partial charge in [-0.3, -0.25) is 9.59 Å². The molecular formula is C21H35N5O8S2. The number of rotatable bonds is 19. The van der Waals surface area contributed by atoms with Crippen LogP contribution in [0.2, 0.25) is 0 Å². The molecule has 0 spiro atoms. The van der Waals surface area contributed by atoms with E-state index in [1.165, 1.54) is 26.2 Å². The largest absolute Gasteiger partial charge is 0.465 e. The van der Waals surface area contributed by atoms with E-state index >= 15 is 0 Å². The molecule has 0 aliphatic rings. The van der Waals surface area contributed by atoms with Gasteiger partial charge in [-0.15, -0.1) is 0 Å². The Balaban J connectivity index is 1.95. The normalized spacial score (nSPS) is 10.8. The van der Waals surface area contributed by atoms with Crippen molar-refractivity contribution in [2.45, 2.75) is 39.2 Å². The first-order chi connectivity index (χ1) is 17.2. The number of ether oxygens (including phenoxy) is 3. The molecule has 0 aliphatic carbocycles. The van der Waals surface area contributed by atoms with Crippen LogP contribution in [0.1, 0.15) is 31.5 Å². The quantitative estimate of drug-likeness (QED) is 0.0672. The molecule has 36 heavy (non-hydrogen) atoms. The lowest BCUT2D eigenvalue weighted by atomic mass is 10.3. The molecular weight excluding hydrogens is 514 g/mol. The number of carbonyl (C=O) groups excluding carboxylic acids is 3. The van der Waals surface area contributed by atoms with Gasteiger partial charge in [0, 0.05) is 37.8 Å². The van der Waals surface area contributed by atoms with Gasteiger partial charge >= 0.3 is 23.8 Å². The zero-order chi connectivity index (χ0) is 26.8. The molecule has 1 aromatic rings. The van der Waals surface area contributed by atoms with E-state index in [2.05, 4.69) is 10.3 Å². The summed E-state index contributed by atoms with van der Waals surface area (Å²) in [4.78, 5) is 51.3. The average molecular weight is 550 g/mol. The Morgan fingerprint density at radius 1 is 1.06 bits per heavy atom. The number of aryl methyl sites for hydroxylation is 1. The van der Waals surface area contributed by atoms with Gasteiger partial charge in [-0.2, -0.15) is 0 Å². The molecule has 0 aliphatic heterocycles. The summed E-state index contributed by atoms with van der Waals surface area (Å²) in [5.74, 6) is 0.908. The molecule has 15 heteroatoms. The minimum absolute atomic E-state index is 0.0127. The van der Waals surface area contributed by atoms with Crippen molar-refractivity contribution in [1.82, 2.24) is 19.8 Å². The number of nitrogens with zero attached hydrogens (tertiary/aromatic N) is 4. The lowest BCUT2D eigenvalue weighted by Crippen LogP contribution is -2.26. The molecule has 0 aromatic carbocycles. The number of nitrogens with one attached hydrogen (secondary N) is 1. The molecule has 0 radical (unpaired) electrons. The Labute approximate surface area is 218 Å². The van der Waals surface area contributed by atoms with Crippen molar-refractivity contribution < 1.29 is 33.5 Å². The zero-order valence-electron chi connectivity index (χ0n) is 20.9. The second-order valence-electron chi connectivity index (χ2n) is 7.73. The SMILES string of the molecule is Cc1ncc([N+](=O)[O-])n1CCOC(=O)CCCNC(=O)OCCSSCCOC(=O)CCCN(C)C. The lowest BCUT2D eigenvalue weighted by molar-refractivity contribution is -0.392. The van der Waals surface area contributed by atoms with Crippen molar-refractivity contribution in [2.24, 2.45) is 0 Å². The fraction of sp³-hybridized carbons (Fsp3) is 0.714. The molecule has 1 N–H and O–H groups in total. The summed E-state index contributed by atoms with van der Waals surface area (Å²) in [6.45, 7) is 3.44. The van der Waals surface area contributed by atoms with Gasteiger partial charge in [0.15, 0.2) is 5.82 Å². The van der Waals surface area contributed by atoms with Gasteiger partial charge in [-0.05, 0) is 38.4 Å². The number of carbonyl (C=O) groups is 3. The third-order valence-electron chi connectivity index (χ3n) is 4.53. The van der Waals surface area contributed by atoms with Crippen molar-refractivity contribution in [3.63, 3.8) is 0 Å². The number of imidazole rings is 1. The molecule has 0 fully saturated rings. The summed E-state index contributed by atoms with van der Waals surface area (Å²) in [7, 11) is 6.97. The molecule has 1 heterocycles. The minimum Gasteiger partial charge on any atom is -0.465 e. The Morgan fingerprint density at radius 2 is 1.67 bits per heavy atom. The molecule has 1 rings (SSSR count). The maximum atomic E-state index is 11.8. The summed E-state index contributed by atoms with van der Waals surface area (Å²) >= 11 is 0. The highest BCUT2D eigenvalue weighted by atomic mass is 33.1. The Bertz CT molecular complexity index is 837. The van der Waals surface area contributed by atoms with E-state index in [0.29, 0.717) is 36.8 Å². The topological polar surface area (TPSA) is 155 Å². The van der Waals surface area contributed by atoms with E-state index in [4.69, 9.17) is 14.2 Å². The van der Waals surface area contributed by atoms with E-state index in [1.807, 2.05) is 19.0 Å². The maximum Gasteiger partial charge on any atom is 0.407 e. The first-order valence-electron chi connectivity index (χ1n) is 11.5. The molecule has 0 atom stereocenters. The summed E-state index contributed by atoms with van der Waals surface area (Å²) in [5, 5.41) is 13.5. The molecule has 0 saturated carbocycles. The predicted octanol–water partition coefficient (Wildman–Crippen LogP) is 2.42. The van der Waals surface area contributed by atoms with Gasteiger partial charge in [0.1, 0.15) is 32.6 Å². The molecule has 1 amide bonds. The lowest BCUT2D eigenvalue weighted by Gasteiger charge is -2.09. The van der Waals surface area contributed by atoms with Crippen LogP contribution >= 0.6 is 21.6 Å². The fourth-order valence-electron chi connectivity index (χ4n) is 2.76. The number of hydrogen-bond acceptors (Lipinski definition) is 12. The van der Waals surface area contributed by atoms with Crippen molar-refractivity contribution in [3.05, 3.63) is 22.1 Å². The van der Waals surface area contributed by atoms with Crippen LogP contribution in [-0.2, 0) is 30.3 Å². The maximum absolute atomic E-state index is 11.8. The van der Waals surface area contributed by atoms with Gasteiger partial charge < -0.3 is 34.5 Å². The molecule has 204 valence electrons. The van der Waals surface area contributed by atoms with Crippen molar-refractivity contribution in [3.8, 4) is 0 Å². The zero-order valence-corrected chi connectivity index (χ0v) is 22.6. The first kappa shape index (κ1) is 31.5. The van der Waals surface area contributed by atoms with Crippen molar-refractivity contribution >= 4 is 45.4 Å². The van der Waals surface area contributed by atoms with Gasteiger partial charge in [-0.25, -0.2) is 14.3 Å². The Morgan fingerprint density at radius 3 is 2.31 bits per heavy atom. The first-order valence-corrected chi connectivity index (χ1v) is 14.0. The monoisotopic (exact) mass is 549 g/mol. The van der Waals surface area contributed by atoms with E-state index < -0.39 is 17.0 Å². The second-order valence-corrected chi connectivity index (χ2v) is 10.4. The summed E-state index contributed by atoms with van der Waals surface area (Å²) in [5.41, 5.74) is 0. The van der Waals surface area contributed by atoms with E-state index in [9.17, 15) is 24.5 Å². The molecule has 1 aromatic heterocycles. The molecule has 13 nitrogen and oxygen atoms in total.